The number of hydrogen-bond acceptors (Lipinski definition) is 4. The van der Waals surface area contributed by atoms with Crippen LogP contribution >= 0.6 is 0 Å². The molecule has 5 nitrogen and oxygen atoms in total. The van der Waals surface area contributed by atoms with Gasteiger partial charge in [0.2, 0.25) is 0 Å². The van der Waals surface area contributed by atoms with Gasteiger partial charge in [0.25, 0.3) is 0 Å². The minimum Gasteiger partial charge on any atom is -0.409 e. The van der Waals surface area contributed by atoms with Gasteiger partial charge in [-0.1, -0.05) is 5.16 Å². The standard InChI is InChI=1S/C8H19N3O2/c1-6(4-3-5-12)10-7(2)8(9)11-13/h6-7,10,12-13H,3-5H2,1-2H3,(H2,9,11). The first-order valence-corrected chi connectivity index (χ1v) is 4.46. The number of oxime groups is 1. The van der Waals surface area contributed by atoms with Crippen molar-refractivity contribution in [3.8, 4) is 0 Å². The average molecular weight is 189 g/mol. The van der Waals surface area contributed by atoms with Gasteiger partial charge in [0.15, 0.2) is 5.84 Å². The van der Waals surface area contributed by atoms with E-state index in [9.17, 15) is 0 Å². The summed E-state index contributed by atoms with van der Waals surface area (Å²) in [7, 11) is 0. The fourth-order valence-electron chi connectivity index (χ4n) is 1.08. The van der Waals surface area contributed by atoms with Gasteiger partial charge in [-0.2, -0.15) is 0 Å². The maximum Gasteiger partial charge on any atom is 0.156 e. The molecule has 0 rings (SSSR count). The lowest BCUT2D eigenvalue weighted by Gasteiger charge is -2.18. The molecule has 0 amide bonds. The molecule has 0 fully saturated rings. The molecule has 0 saturated carbocycles. The minimum atomic E-state index is -0.140. The van der Waals surface area contributed by atoms with E-state index >= 15 is 0 Å². The topological polar surface area (TPSA) is 90.9 Å². The van der Waals surface area contributed by atoms with Crippen LogP contribution in [0.15, 0.2) is 5.16 Å². The Hall–Kier alpha value is -0.810. The van der Waals surface area contributed by atoms with Gasteiger partial charge in [0, 0.05) is 12.6 Å². The fourth-order valence-corrected chi connectivity index (χ4v) is 1.08. The van der Waals surface area contributed by atoms with Crippen LogP contribution < -0.4 is 11.1 Å². The van der Waals surface area contributed by atoms with Crippen LogP contribution in [0.3, 0.4) is 0 Å². The Morgan fingerprint density at radius 2 is 2.15 bits per heavy atom. The van der Waals surface area contributed by atoms with Gasteiger partial charge in [-0.15, -0.1) is 0 Å². The summed E-state index contributed by atoms with van der Waals surface area (Å²) in [5.74, 6) is 0.177. The first-order chi connectivity index (χ1) is 6.11. The third-order valence-electron chi connectivity index (χ3n) is 1.89. The lowest BCUT2D eigenvalue weighted by Crippen LogP contribution is -2.43. The Bertz CT molecular complexity index is 161. The first kappa shape index (κ1) is 12.2. The molecule has 0 aromatic rings. The van der Waals surface area contributed by atoms with Crippen molar-refractivity contribution in [3.63, 3.8) is 0 Å². The van der Waals surface area contributed by atoms with Gasteiger partial charge >= 0.3 is 0 Å². The highest BCUT2D eigenvalue weighted by Crippen LogP contribution is 1.97. The second-order valence-corrected chi connectivity index (χ2v) is 3.18. The fraction of sp³-hybridized carbons (Fsp3) is 0.875. The summed E-state index contributed by atoms with van der Waals surface area (Å²) in [5, 5.41) is 23.0. The molecule has 2 atom stereocenters. The highest BCUT2D eigenvalue weighted by atomic mass is 16.4. The van der Waals surface area contributed by atoms with Crippen LogP contribution in [0, 0.1) is 0 Å². The quantitative estimate of drug-likeness (QED) is 0.203. The molecular formula is C8H19N3O2. The van der Waals surface area contributed by atoms with E-state index in [0.29, 0.717) is 0 Å². The normalized spacial score (nSPS) is 17.0. The minimum absolute atomic E-state index is 0.140. The summed E-state index contributed by atoms with van der Waals surface area (Å²) in [4.78, 5) is 0. The summed E-state index contributed by atoms with van der Waals surface area (Å²) in [6.45, 7) is 4.02. The highest BCUT2D eigenvalue weighted by Gasteiger charge is 2.10. The van der Waals surface area contributed by atoms with E-state index in [4.69, 9.17) is 16.0 Å². The Morgan fingerprint density at radius 1 is 1.54 bits per heavy atom. The van der Waals surface area contributed by atoms with Crippen molar-refractivity contribution in [1.82, 2.24) is 5.32 Å². The van der Waals surface area contributed by atoms with Crippen LogP contribution in [0.4, 0.5) is 0 Å². The van der Waals surface area contributed by atoms with Gasteiger partial charge in [-0.05, 0) is 26.7 Å². The van der Waals surface area contributed by atoms with E-state index in [-0.39, 0.29) is 24.5 Å². The molecule has 0 aliphatic carbocycles. The van der Waals surface area contributed by atoms with E-state index in [0.717, 1.165) is 12.8 Å². The van der Waals surface area contributed by atoms with Crippen molar-refractivity contribution in [2.24, 2.45) is 10.9 Å². The third-order valence-corrected chi connectivity index (χ3v) is 1.89. The molecule has 0 aromatic carbocycles. The van der Waals surface area contributed by atoms with Crippen LogP contribution in [0.25, 0.3) is 0 Å². The van der Waals surface area contributed by atoms with Gasteiger partial charge in [-0.25, -0.2) is 0 Å². The van der Waals surface area contributed by atoms with Crippen molar-refractivity contribution in [2.75, 3.05) is 6.61 Å². The molecule has 78 valence electrons. The number of nitrogens with zero attached hydrogens (tertiary/aromatic N) is 1. The molecule has 2 unspecified atom stereocenters. The summed E-state index contributed by atoms with van der Waals surface area (Å²) in [6.07, 6.45) is 1.64. The van der Waals surface area contributed by atoms with Crippen molar-refractivity contribution in [3.05, 3.63) is 0 Å². The number of aliphatic hydroxyl groups excluding tert-OH is 1. The third kappa shape index (κ3) is 5.43. The largest absolute Gasteiger partial charge is 0.409 e. The predicted molar refractivity (Wildman–Crippen MR) is 51.8 cm³/mol. The smallest absolute Gasteiger partial charge is 0.156 e. The molecule has 5 N–H and O–H groups in total. The van der Waals surface area contributed by atoms with Gasteiger partial charge in [0.05, 0.1) is 6.04 Å². The van der Waals surface area contributed by atoms with Crippen molar-refractivity contribution >= 4 is 5.84 Å². The Kier molecular flexibility index (Phi) is 6.26. The van der Waals surface area contributed by atoms with E-state index in [1.807, 2.05) is 13.8 Å². The molecule has 0 aromatic heterocycles. The van der Waals surface area contributed by atoms with Crippen LogP contribution in [-0.4, -0.2) is 34.8 Å². The number of aliphatic hydroxyl groups is 1. The molecule has 0 bridgehead atoms. The zero-order valence-electron chi connectivity index (χ0n) is 8.20. The summed E-state index contributed by atoms with van der Waals surface area (Å²) in [6, 6.07) is 0.112. The molecule has 5 heteroatoms. The SMILES string of the molecule is CC(CCCO)NC(C)C(N)=NO. The maximum absolute atomic E-state index is 8.59. The van der Waals surface area contributed by atoms with Crippen LogP contribution in [0.2, 0.25) is 0 Å². The highest BCUT2D eigenvalue weighted by molar-refractivity contribution is 5.84. The zero-order chi connectivity index (χ0) is 10.3. The molecule has 0 aliphatic heterocycles. The summed E-state index contributed by atoms with van der Waals surface area (Å²) >= 11 is 0. The van der Waals surface area contributed by atoms with Gasteiger partial charge in [-0.3, -0.25) is 0 Å². The zero-order valence-corrected chi connectivity index (χ0v) is 8.20. The van der Waals surface area contributed by atoms with E-state index < -0.39 is 0 Å². The second kappa shape index (κ2) is 6.68. The second-order valence-electron chi connectivity index (χ2n) is 3.18. The van der Waals surface area contributed by atoms with Crippen molar-refractivity contribution in [1.29, 1.82) is 0 Å². The van der Waals surface area contributed by atoms with Crippen molar-refractivity contribution in [2.45, 2.75) is 38.8 Å². The number of rotatable bonds is 6. The Balaban J connectivity index is 3.71. The van der Waals surface area contributed by atoms with Gasteiger partial charge in [0.1, 0.15) is 0 Å². The average Bonchev–Trinajstić information content (AvgIpc) is 2.13. The maximum atomic E-state index is 8.59. The molecule has 0 radical (unpaired) electrons. The number of nitrogens with two attached hydrogens (primary N) is 1. The molecular weight excluding hydrogens is 170 g/mol. The summed E-state index contributed by atoms with van der Waals surface area (Å²) in [5.41, 5.74) is 5.38. The number of amidine groups is 1. The number of hydrogen-bond donors (Lipinski definition) is 4. The van der Waals surface area contributed by atoms with E-state index in [1.165, 1.54) is 0 Å². The van der Waals surface area contributed by atoms with E-state index in [2.05, 4.69) is 10.5 Å². The Morgan fingerprint density at radius 3 is 2.62 bits per heavy atom. The molecule has 0 aliphatic rings. The molecule has 13 heavy (non-hydrogen) atoms. The lowest BCUT2D eigenvalue weighted by molar-refractivity contribution is 0.275. The predicted octanol–water partition coefficient (Wildman–Crippen LogP) is -0.128. The van der Waals surface area contributed by atoms with Crippen molar-refractivity contribution < 1.29 is 10.3 Å². The number of nitrogens with one attached hydrogen (secondary N) is 1. The Labute approximate surface area is 78.6 Å². The monoisotopic (exact) mass is 189 g/mol. The van der Waals surface area contributed by atoms with E-state index in [1.54, 1.807) is 0 Å². The van der Waals surface area contributed by atoms with Crippen LogP contribution in [0.1, 0.15) is 26.7 Å². The van der Waals surface area contributed by atoms with Crippen LogP contribution in [-0.2, 0) is 0 Å². The first-order valence-electron chi connectivity index (χ1n) is 4.46. The van der Waals surface area contributed by atoms with Gasteiger partial charge < -0.3 is 21.4 Å². The molecule has 0 heterocycles. The molecule has 0 spiro atoms. The summed E-state index contributed by atoms with van der Waals surface area (Å²) < 4.78 is 0. The lowest BCUT2D eigenvalue weighted by atomic mass is 10.1. The van der Waals surface area contributed by atoms with Crippen LogP contribution in [0.5, 0.6) is 0 Å². The molecule has 0 saturated heterocycles.